The Morgan fingerprint density at radius 3 is 2.56 bits per heavy atom. The van der Waals surface area contributed by atoms with Crippen molar-refractivity contribution >= 4 is 5.91 Å². The van der Waals surface area contributed by atoms with Crippen LogP contribution in [-0.2, 0) is 4.79 Å². The van der Waals surface area contributed by atoms with Crippen molar-refractivity contribution < 1.29 is 14.3 Å². The zero-order valence-corrected chi connectivity index (χ0v) is 15.3. The van der Waals surface area contributed by atoms with Gasteiger partial charge in [-0.2, -0.15) is 0 Å². The maximum Gasteiger partial charge on any atom is 0.258 e. The van der Waals surface area contributed by atoms with Crippen LogP contribution in [0.1, 0.15) is 43.0 Å². The number of rotatable bonds is 4. The lowest BCUT2D eigenvalue weighted by molar-refractivity contribution is -0.124. The number of carbonyl (C=O) groups excluding carboxylic acids is 1. The highest BCUT2D eigenvalue weighted by molar-refractivity contribution is 5.78. The number of hydrogen-bond acceptors (Lipinski definition) is 3. The maximum atomic E-state index is 12.4. The molecule has 0 aliphatic carbocycles. The summed E-state index contributed by atoms with van der Waals surface area (Å²) in [5.74, 6) is 1.41. The monoisotopic (exact) mass is 339 g/mol. The molecular formula is C21H25NO3. The summed E-state index contributed by atoms with van der Waals surface area (Å²) >= 11 is 0. The molecule has 132 valence electrons. The van der Waals surface area contributed by atoms with Crippen LogP contribution in [0, 0.1) is 13.8 Å². The third-order valence-electron chi connectivity index (χ3n) is 4.35. The van der Waals surface area contributed by atoms with Crippen LogP contribution in [0.3, 0.4) is 0 Å². The fraction of sp³-hybridized carbons (Fsp3) is 0.381. The molecule has 0 saturated heterocycles. The molecule has 0 radical (unpaired) electrons. The van der Waals surface area contributed by atoms with Crippen LogP contribution in [0.4, 0.5) is 0 Å². The van der Waals surface area contributed by atoms with E-state index in [9.17, 15) is 4.79 Å². The SMILES string of the molecule is Cc1ccc(OCC(=O)N[C@@H]2CC(C)(C)Oc3ccc(C)cc32)cc1. The summed E-state index contributed by atoms with van der Waals surface area (Å²) in [6.45, 7) is 8.14. The van der Waals surface area contributed by atoms with E-state index >= 15 is 0 Å². The summed E-state index contributed by atoms with van der Waals surface area (Å²) in [5, 5.41) is 3.10. The Morgan fingerprint density at radius 2 is 1.84 bits per heavy atom. The van der Waals surface area contributed by atoms with Gasteiger partial charge in [-0.05, 0) is 45.9 Å². The summed E-state index contributed by atoms with van der Waals surface area (Å²) < 4.78 is 11.6. The van der Waals surface area contributed by atoms with Crippen LogP contribution in [0.2, 0.25) is 0 Å². The quantitative estimate of drug-likeness (QED) is 0.912. The van der Waals surface area contributed by atoms with E-state index in [1.54, 1.807) is 0 Å². The van der Waals surface area contributed by atoms with Crippen molar-refractivity contribution in [2.75, 3.05) is 6.61 Å². The molecule has 0 bridgehead atoms. The number of benzene rings is 2. The molecule has 1 aliphatic heterocycles. The zero-order valence-electron chi connectivity index (χ0n) is 15.3. The van der Waals surface area contributed by atoms with Crippen molar-refractivity contribution in [1.29, 1.82) is 0 Å². The molecule has 0 aromatic heterocycles. The second-order valence-electron chi connectivity index (χ2n) is 7.33. The van der Waals surface area contributed by atoms with Crippen molar-refractivity contribution in [3.8, 4) is 11.5 Å². The Morgan fingerprint density at radius 1 is 1.16 bits per heavy atom. The van der Waals surface area contributed by atoms with E-state index in [0.717, 1.165) is 28.9 Å². The molecule has 0 unspecified atom stereocenters. The van der Waals surface area contributed by atoms with Gasteiger partial charge in [0.15, 0.2) is 6.61 Å². The molecule has 1 aliphatic rings. The number of hydrogen-bond donors (Lipinski definition) is 1. The van der Waals surface area contributed by atoms with Gasteiger partial charge < -0.3 is 14.8 Å². The lowest BCUT2D eigenvalue weighted by atomic mass is 9.89. The summed E-state index contributed by atoms with van der Waals surface area (Å²) in [7, 11) is 0. The van der Waals surface area contributed by atoms with E-state index in [0.29, 0.717) is 5.75 Å². The van der Waals surface area contributed by atoms with Gasteiger partial charge >= 0.3 is 0 Å². The predicted molar refractivity (Wildman–Crippen MR) is 98.1 cm³/mol. The number of amides is 1. The average molecular weight is 339 g/mol. The summed E-state index contributed by atoms with van der Waals surface area (Å²) in [5.41, 5.74) is 3.02. The summed E-state index contributed by atoms with van der Waals surface area (Å²) in [4.78, 5) is 12.4. The van der Waals surface area contributed by atoms with E-state index in [1.807, 2.05) is 64.1 Å². The zero-order chi connectivity index (χ0) is 18.0. The minimum absolute atomic E-state index is 0.00198. The van der Waals surface area contributed by atoms with Gasteiger partial charge in [-0.3, -0.25) is 4.79 Å². The third-order valence-corrected chi connectivity index (χ3v) is 4.35. The molecule has 0 saturated carbocycles. The van der Waals surface area contributed by atoms with Gasteiger partial charge in [0, 0.05) is 12.0 Å². The lowest BCUT2D eigenvalue weighted by Crippen LogP contribution is -2.42. The third kappa shape index (κ3) is 4.32. The first-order chi connectivity index (χ1) is 11.8. The predicted octanol–water partition coefficient (Wildman–Crippen LogP) is 4.10. The molecule has 0 fully saturated rings. The van der Waals surface area contributed by atoms with E-state index in [4.69, 9.17) is 9.47 Å². The van der Waals surface area contributed by atoms with E-state index in [2.05, 4.69) is 11.4 Å². The summed E-state index contributed by atoms with van der Waals surface area (Å²) in [6.07, 6.45) is 0.722. The second kappa shape index (κ2) is 6.79. The van der Waals surface area contributed by atoms with Crippen LogP contribution in [0.15, 0.2) is 42.5 Å². The largest absolute Gasteiger partial charge is 0.487 e. The van der Waals surface area contributed by atoms with Gasteiger partial charge in [-0.1, -0.05) is 35.4 Å². The molecule has 2 aromatic carbocycles. The van der Waals surface area contributed by atoms with E-state index in [1.165, 1.54) is 0 Å². The second-order valence-corrected chi connectivity index (χ2v) is 7.33. The Bertz CT molecular complexity index is 765. The van der Waals surface area contributed by atoms with Gasteiger partial charge in [-0.15, -0.1) is 0 Å². The molecule has 1 atom stereocenters. The topological polar surface area (TPSA) is 47.6 Å². The van der Waals surface area contributed by atoms with E-state index in [-0.39, 0.29) is 24.2 Å². The fourth-order valence-electron chi connectivity index (χ4n) is 3.12. The van der Waals surface area contributed by atoms with Gasteiger partial charge in [0.05, 0.1) is 6.04 Å². The van der Waals surface area contributed by atoms with Crippen LogP contribution in [-0.4, -0.2) is 18.1 Å². The number of nitrogens with one attached hydrogen (secondary N) is 1. The smallest absolute Gasteiger partial charge is 0.258 e. The standard InChI is InChI=1S/C21H25NO3/c1-14-5-8-16(9-6-14)24-13-20(23)22-18-12-21(3,4)25-19-10-7-15(2)11-17(18)19/h5-11,18H,12-13H2,1-4H3,(H,22,23)/t18-/m1/s1. The number of fused-ring (bicyclic) bond motifs is 1. The molecule has 0 spiro atoms. The number of aryl methyl sites for hydroxylation is 2. The van der Waals surface area contributed by atoms with Crippen molar-refractivity contribution in [2.45, 2.75) is 45.8 Å². The van der Waals surface area contributed by atoms with E-state index < -0.39 is 0 Å². The molecule has 1 amide bonds. The normalized spacial score (nSPS) is 18.0. The first-order valence-electron chi connectivity index (χ1n) is 8.61. The van der Waals surface area contributed by atoms with Crippen LogP contribution >= 0.6 is 0 Å². The van der Waals surface area contributed by atoms with Gasteiger partial charge in [0.2, 0.25) is 0 Å². The Labute approximate surface area is 149 Å². The molecule has 25 heavy (non-hydrogen) atoms. The van der Waals surface area contributed by atoms with Crippen molar-refractivity contribution in [1.82, 2.24) is 5.32 Å². The minimum Gasteiger partial charge on any atom is -0.487 e. The first-order valence-corrected chi connectivity index (χ1v) is 8.61. The Kier molecular flexibility index (Phi) is 4.71. The first kappa shape index (κ1) is 17.3. The highest BCUT2D eigenvalue weighted by Crippen LogP contribution is 2.39. The highest BCUT2D eigenvalue weighted by Gasteiger charge is 2.34. The lowest BCUT2D eigenvalue weighted by Gasteiger charge is -2.38. The highest BCUT2D eigenvalue weighted by atomic mass is 16.5. The molecule has 1 heterocycles. The summed E-state index contributed by atoms with van der Waals surface area (Å²) in [6, 6.07) is 13.7. The van der Waals surface area contributed by atoms with Gasteiger partial charge in [0.1, 0.15) is 17.1 Å². The number of carbonyl (C=O) groups is 1. The van der Waals surface area contributed by atoms with Crippen LogP contribution in [0.25, 0.3) is 0 Å². The van der Waals surface area contributed by atoms with Gasteiger partial charge in [-0.25, -0.2) is 0 Å². The Hall–Kier alpha value is -2.49. The molecule has 2 aromatic rings. The Balaban J connectivity index is 1.68. The molecule has 1 N–H and O–H groups in total. The molecule has 4 nitrogen and oxygen atoms in total. The number of ether oxygens (including phenoxy) is 2. The van der Waals surface area contributed by atoms with Crippen LogP contribution in [0.5, 0.6) is 11.5 Å². The molecular weight excluding hydrogens is 314 g/mol. The van der Waals surface area contributed by atoms with Crippen molar-refractivity contribution in [3.05, 3.63) is 59.2 Å². The minimum atomic E-state index is -0.321. The van der Waals surface area contributed by atoms with Gasteiger partial charge in [0.25, 0.3) is 5.91 Å². The van der Waals surface area contributed by atoms with Crippen LogP contribution < -0.4 is 14.8 Å². The van der Waals surface area contributed by atoms with Crippen molar-refractivity contribution in [2.24, 2.45) is 0 Å². The molecule has 3 rings (SSSR count). The fourth-order valence-corrected chi connectivity index (χ4v) is 3.12. The average Bonchev–Trinajstić information content (AvgIpc) is 2.54. The molecule has 4 heteroatoms. The maximum absolute atomic E-state index is 12.4. The van der Waals surface area contributed by atoms with Crippen molar-refractivity contribution in [3.63, 3.8) is 0 Å².